The normalized spacial score (nSPS) is 11.2. The molecule has 0 bridgehead atoms. The van der Waals surface area contributed by atoms with E-state index in [4.69, 9.17) is 28.9 Å². The third kappa shape index (κ3) is 10.5. The van der Waals surface area contributed by atoms with Gasteiger partial charge in [0.05, 0.1) is 54.9 Å². The summed E-state index contributed by atoms with van der Waals surface area (Å²) in [6.45, 7) is 0.128. The number of methoxy groups -OCH3 is 1. The van der Waals surface area contributed by atoms with E-state index < -0.39 is 26.0 Å². The van der Waals surface area contributed by atoms with Crippen molar-refractivity contribution >= 4 is 66.6 Å². The highest BCUT2D eigenvalue weighted by Crippen LogP contribution is 2.22. The van der Waals surface area contributed by atoms with Crippen LogP contribution in [0.5, 0.6) is 0 Å². The van der Waals surface area contributed by atoms with E-state index in [1.807, 2.05) is 0 Å². The van der Waals surface area contributed by atoms with Crippen LogP contribution in [0.2, 0.25) is 10.0 Å². The van der Waals surface area contributed by atoms with E-state index in [0.717, 1.165) is 22.4 Å². The van der Waals surface area contributed by atoms with Crippen LogP contribution in [0, 0.1) is 0 Å². The first-order valence-corrected chi connectivity index (χ1v) is 17.8. The summed E-state index contributed by atoms with van der Waals surface area (Å²) in [6.07, 6.45) is 4.98. The fourth-order valence-corrected chi connectivity index (χ4v) is 5.76. The number of esters is 1. The maximum atomic E-state index is 12.0. The Morgan fingerprint density at radius 1 is 0.696 bits per heavy atom. The van der Waals surface area contributed by atoms with Gasteiger partial charge in [0, 0.05) is 18.0 Å². The number of carbonyl (C=O) groups excluding carboxylic acids is 2. The molecule has 0 aliphatic rings. The molecule has 2 aromatic heterocycles. The number of hydrogen-bond donors (Lipinski definition) is 1. The lowest BCUT2D eigenvalue weighted by molar-refractivity contribution is 0.0600. The number of anilines is 2. The Kier molecular flexibility index (Phi) is 12.6. The van der Waals surface area contributed by atoms with E-state index in [0.29, 0.717) is 26.7 Å². The number of halogens is 2. The fourth-order valence-electron chi connectivity index (χ4n) is 3.88. The van der Waals surface area contributed by atoms with Crippen LogP contribution in [0.3, 0.4) is 0 Å². The highest BCUT2D eigenvalue weighted by Gasteiger charge is 2.20. The van der Waals surface area contributed by atoms with Gasteiger partial charge in [0.25, 0.3) is 0 Å². The molecular formula is C30H31Cl2N5O7S2. The molecule has 2 aromatic carbocycles. The van der Waals surface area contributed by atoms with Crippen molar-refractivity contribution in [2.24, 2.45) is 5.73 Å². The summed E-state index contributed by atoms with van der Waals surface area (Å²) in [7, 11) is -5.74. The number of hydrogen-bond acceptors (Lipinski definition) is 10. The summed E-state index contributed by atoms with van der Waals surface area (Å²) in [6, 6.07) is 19.3. The van der Waals surface area contributed by atoms with E-state index in [1.165, 1.54) is 35.9 Å². The average Bonchev–Trinajstić information content (AvgIpc) is 3.02. The van der Waals surface area contributed by atoms with Gasteiger partial charge in [0.15, 0.2) is 5.78 Å². The molecule has 4 rings (SSSR count). The number of nitrogens with two attached hydrogens (primary N) is 1. The minimum absolute atomic E-state index is 0.0660. The van der Waals surface area contributed by atoms with Gasteiger partial charge in [-0.15, -0.1) is 0 Å². The third-order valence-corrected chi connectivity index (χ3v) is 8.90. The maximum absolute atomic E-state index is 12.0. The van der Waals surface area contributed by atoms with Crippen LogP contribution < -0.4 is 14.3 Å². The number of aromatic nitrogens is 2. The van der Waals surface area contributed by atoms with E-state index >= 15 is 0 Å². The zero-order valence-corrected chi connectivity index (χ0v) is 28.1. The first-order valence-electron chi connectivity index (χ1n) is 13.3. The molecule has 0 amide bonds. The molecule has 0 atom stereocenters. The topological polar surface area (TPSA) is 170 Å². The van der Waals surface area contributed by atoms with Crippen molar-refractivity contribution in [1.82, 2.24) is 9.97 Å². The molecule has 16 heteroatoms. The third-order valence-electron chi connectivity index (χ3n) is 6.22. The molecule has 0 aliphatic heterocycles. The van der Waals surface area contributed by atoms with Crippen molar-refractivity contribution in [2.75, 3.05) is 34.8 Å². The lowest BCUT2D eigenvalue weighted by Gasteiger charge is -2.21. The number of pyridine rings is 2. The molecule has 0 fully saturated rings. The van der Waals surface area contributed by atoms with Crippen molar-refractivity contribution < 1.29 is 31.2 Å². The van der Waals surface area contributed by atoms with Crippen LogP contribution in [0.15, 0.2) is 85.2 Å². The highest BCUT2D eigenvalue weighted by molar-refractivity contribution is 7.92. The zero-order chi connectivity index (χ0) is 34.1. The molecule has 0 unspecified atom stereocenters. The second kappa shape index (κ2) is 16.0. The molecule has 0 aliphatic carbocycles. The average molecular weight is 709 g/mol. The van der Waals surface area contributed by atoms with Crippen LogP contribution in [-0.2, 0) is 37.9 Å². The number of rotatable bonds is 11. The Bertz CT molecular complexity index is 1720. The van der Waals surface area contributed by atoms with Crippen molar-refractivity contribution in [3.8, 4) is 0 Å². The molecule has 4 aromatic rings. The Labute approximate surface area is 277 Å². The van der Waals surface area contributed by atoms with Gasteiger partial charge < -0.3 is 10.5 Å². The number of sulfonamides is 2. The number of ketones is 1. The second-order valence-electron chi connectivity index (χ2n) is 9.72. The highest BCUT2D eigenvalue weighted by atomic mass is 35.5. The van der Waals surface area contributed by atoms with E-state index in [1.54, 1.807) is 60.7 Å². The molecule has 2 heterocycles. The molecule has 0 spiro atoms. The number of carbonyl (C=O) groups is 2. The van der Waals surface area contributed by atoms with Gasteiger partial charge in [-0.25, -0.2) is 40.2 Å². The van der Waals surface area contributed by atoms with Gasteiger partial charge in [-0.1, -0.05) is 59.6 Å². The second-order valence-corrected chi connectivity index (χ2v) is 14.4. The van der Waals surface area contributed by atoms with Gasteiger partial charge in [-0.05, 0) is 47.5 Å². The quantitative estimate of drug-likeness (QED) is 0.175. The van der Waals surface area contributed by atoms with Crippen molar-refractivity contribution in [1.29, 1.82) is 0 Å². The van der Waals surface area contributed by atoms with Crippen LogP contribution in [-0.4, -0.2) is 64.7 Å². The van der Waals surface area contributed by atoms with Crippen LogP contribution in [0.25, 0.3) is 0 Å². The Morgan fingerprint density at radius 3 is 1.39 bits per heavy atom. The minimum Gasteiger partial charge on any atom is -0.465 e. The number of nitrogens with zero attached hydrogens (tertiary/aromatic N) is 4. The molecule has 244 valence electrons. The standard InChI is InChI=1S/C15H16ClN3O3S.C15H15ClN2O4S/c1-23(21,22)19(15-7-6-13(16)9-18-15)10-11-2-4-12(5-3-11)14(20)8-17;1-22-15(19)12-5-3-11(4-6-12)10-18(23(2,20)21)14-8-7-13(16)9-17-14/h2-7,9H,8,10,17H2,1H3;3-9H,10H2,1-2H3. The Balaban J connectivity index is 0.000000250. The van der Waals surface area contributed by atoms with E-state index in [9.17, 15) is 26.4 Å². The number of Topliss-reactive ketones (excluding diaryl/α,β-unsaturated/α-hetero) is 1. The Morgan fingerprint density at radius 2 is 1.09 bits per heavy atom. The first-order chi connectivity index (χ1) is 21.6. The van der Waals surface area contributed by atoms with Crippen molar-refractivity contribution in [3.63, 3.8) is 0 Å². The summed E-state index contributed by atoms with van der Waals surface area (Å²) in [4.78, 5) is 31.0. The molecule has 12 nitrogen and oxygen atoms in total. The van der Waals surface area contributed by atoms with Gasteiger partial charge in [0.2, 0.25) is 20.0 Å². The molecule has 0 radical (unpaired) electrons. The van der Waals surface area contributed by atoms with Gasteiger partial charge in [-0.3, -0.25) is 4.79 Å². The van der Waals surface area contributed by atoms with E-state index in [-0.39, 0.29) is 37.1 Å². The molecule has 0 saturated carbocycles. The van der Waals surface area contributed by atoms with E-state index in [2.05, 4.69) is 14.7 Å². The summed E-state index contributed by atoms with van der Waals surface area (Å²) in [5.41, 5.74) is 7.63. The number of benzene rings is 2. The van der Waals surface area contributed by atoms with Gasteiger partial charge >= 0.3 is 5.97 Å². The van der Waals surface area contributed by atoms with Gasteiger partial charge in [-0.2, -0.15) is 0 Å². The molecular weight excluding hydrogens is 677 g/mol. The summed E-state index contributed by atoms with van der Waals surface area (Å²) >= 11 is 11.6. The van der Waals surface area contributed by atoms with Crippen molar-refractivity contribution in [2.45, 2.75) is 13.1 Å². The fraction of sp³-hybridized carbons (Fsp3) is 0.200. The first kappa shape index (κ1) is 36.4. The minimum atomic E-state index is -3.52. The Hall–Kier alpha value is -4.08. The lowest BCUT2D eigenvalue weighted by atomic mass is 10.1. The molecule has 0 saturated heterocycles. The monoisotopic (exact) mass is 707 g/mol. The molecule has 46 heavy (non-hydrogen) atoms. The predicted octanol–water partition coefficient (Wildman–Crippen LogP) is 4.33. The lowest BCUT2D eigenvalue weighted by Crippen LogP contribution is -2.30. The van der Waals surface area contributed by atoms with Crippen LogP contribution in [0.1, 0.15) is 31.8 Å². The largest absolute Gasteiger partial charge is 0.465 e. The maximum Gasteiger partial charge on any atom is 0.337 e. The van der Waals surface area contributed by atoms with Crippen molar-refractivity contribution in [3.05, 3.63) is 117 Å². The predicted molar refractivity (Wildman–Crippen MR) is 178 cm³/mol. The SMILES string of the molecule is COC(=O)c1ccc(CN(c2ccc(Cl)cn2)S(C)(=O)=O)cc1.CS(=O)(=O)N(Cc1ccc(C(=O)CN)cc1)c1ccc(Cl)cn1. The van der Waals surface area contributed by atoms with Crippen LogP contribution in [0.4, 0.5) is 11.6 Å². The summed E-state index contributed by atoms with van der Waals surface area (Å²) in [5, 5.41) is 0.844. The molecule has 2 N–H and O–H groups in total. The summed E-state index contributed by atoms with van der Waals surface area (Å²) in [5.74, 6) is -0.0697. The van der Waals surface area contributed by atoms with Gasteiger partial charge in [0.1, 0.15) is 11.6 Å². The smallest absolute Gasteiger partial charge is 0.337 e. The number of ether oxygens (including phenoxy) is 1. The summed E-state index contributed by atoms with van der Waals surface area (Å²) < 4.78 is 55.1. The zero-order valence-electron chi connectivity index (χ0n) is 25.0. The van der Waals surface area contributed by atoms with Crippen LogP contribution >= 0.6 is 23.2 Å².